The lowest BCUT2D eigenvalue weighted by Gasteiger charge is -2.21. The summed E-state index contributed by atoms with van der Waals surface area (Å²) in [5.41, 5.74) is 6.02. The molecule has 2 aliphatic rings. The van der Waals surface area contributed by atoms with E-state index < -0.39 is 0 Å². The van der Waals surface area contributed by atoms with Crippen LogP contribution in [0.4, 0.5) is 5.69 Å². The van der Waals surface area contributed by atoms with Crippen LogP contribution in [-0.4, -0.2) is 13.6 Å². The van der Waals surface area contributed by atoms with E-state index in [-0.39, 0.29) is 0 Å². The van der Waals surface area contributed by atoms with Crippen molar-refractivity contribution in [2.24, 2.45) is 0 Å². The summed E-state index contributed by atoms with van der Waals surface area (Å²) in [5, 5.41) is 0. The van der Waals surface area contributed by atoms with E-state index in [4.69, 9.17) is 0 Å². The zero-order valence-corrected chi connectivity index (χ0v) is 9.74. The summed E-state index contributed by atoms with van der Waals surface area (Å²) >= 11 is 0. The minimum atomic E-state index is 1.09. The Hall–Kier alpha value is -1.50. The lowest BCUT2D eigenvalue weighted by Crippen LogP contribution is -2.20. The average Bonchev–Trinajstić information content (AvgIpc) is 2.45. The third-order valence-electron chi connectivity index (χ3n) is 3.60. The van der Waals surface area contributed by atoms with Gasteiger partial charge in [-0.05, 0) is 42.0 Å². The van der Waals surface area contributed by atoms with Crippen LogP contribution in [-0.2, 0) is 6.42 Å². The van der Waals surface area contributed by atoms with Gasteiger partial charge in [0.1, 0.15) is 0 Å². The molecule has 0 saturated carbocycles. The van der Waals surface area contributed by atoms with Gasteiger partial charge in [0.05, 0.1) is 0 Å². The molecule has 0 bridgehead atoms. The maximum absolute atomic E-state index is 2.39. The van der Waals surface area contributed by atoms with Gasteiger partial charge in [-0.15, -0.1) is 0 Å². The number of rotatable bonds is 0. The van der Waals surface area contributed by atoms with Crippen LogP contribution in [0.25, 0.3) is 0 Å². The Kier molecular flexibility index (Phi) is 2.32. The van der Waals surface area contributed by atoms with Crippen LogP contribution in [0.5, 0.6) is 0 Å². The van der Waals surface area contributed by atoms with Crippen molar-refractivity contribution in [3.05, 3.63) is 53.1 Å². The molecular formula is C15H17N. The van der Waals surface area contributed by atoms with Crippen molar-refractivity contribution in [3.63, 3.8) is 0 Å². The fraction of sp³-hybridized carbons (Fsp3) is 0.333. The van der Waals surface area contributed by atoms with Crippen molar-refractivity contribution in [1.82, 2.24) is 0 Å². The molecule has 1 aromatic carbocycles. The fourth-order valence-corrected chi connectivity index (χ4v) is 2.74. The molecule has 1 aliphatic heterocycles. The van der Waals surface area contributed by atoms with Gasteiger partial charge in [0.25, 0.3) is 0 Å². The van der Waals surface area contributed by atoms with Crippen LogP contribution in [0.15, 0.2) is 47.6 Å². The summed E-state index contributed by atoms with van der Waals surface area (Å²) in [6.45, 7) is 1.09. The summed E-state index contributed by atoms with van der Waals surface area (Å²) in [6, 6.07) is 8.77. The highest BCUT2D eigenvalue weighted by Crippen LogP contribution is 2.31. The largest absolute Gasteiger partial charge is 0.370 e. The van der Waals surface area contributed by atoms with Crippen molar-refractivity contribution in [2.45, 2.75) is 19.3 Å². The Morgan fingerprint density at radius 1 is 1.19 bits per heavy atom. The molecule has 0 saturated heterocycles. The molecule has 0 atom stereocenters. The van der Waals surface area contributed by atoms with Crippen LogP contribution < -0.4 is 4.90 Å². The van der Waals surface area contributed by atoms with Crippen LogP contribution in [0.2, 0.25) is 0 Å². The summed E-state index contributed by atoms with van der Waals surface area (Å²) < 4.78 is 0. The summed E-state index contributed by atoms with van der Waals surface area (Å²) in [4.78, 5) is 2.39. The van der Waals surface area contributed by atoms with E-state index in [0.717, 1.165) is 13.0 Å². The molecule has 0 fully saturated rings. The van der Waals surface area contributed by atoms with Gasteiger partial charge in [-0.3, -0.25) is 0 Å². The second-order valence-corrected chi connectivity index (χ2v) is 4.73. The molecule has 0 radical (unpaired) electrons. The van der Waals surface area contributed by atoms with Gasteiger partial charge >= 0.3 is 0 Å². The Bertz CT molecular complexity index is 468. The zero-order chi connectivity index (χ0) is 11.0. The van der Waals surface area contributed by atoms with E-state index in [9.17, 15) is 0 Å². The van der Waals surface area contributed by atoms with Gasteiger partial charge in [-0.1, -0.05) is 30.4 Å². The molecule has 1 nitrogen and oxygen atoms in total. The van der Waals surface area contributed by atoms with Gasteiger partial charge in [0.15, 0.2) is 0 Å². The van der Waals surface area contributed by atoms with Crippen LogP contribution in [0.3, 0.4) is 0 Å². The summed E-state index contributed by atoms with van der Waals surface area (Å²) in [7, 11) is 2.20. The number of allylic oxidation sites excluding steroid dienone is 3. The molecule has 1 aromatic rings. The fourth-order valence-electron chi connectivity index (χ4n) is 2.74. The highest BCUT2D eigenvalue weighted by molar-refractivity contribution is 5.58. The van der Waals surface area contributed by atoms with E-state index in [1.54, 1.807) is 11.1 Å². The first-order valence-corrected chi connectivity index (χ1v) is 6.01. The lowest BCUT2D eigenvalue weighted by molar-refractivity contribution is 0.864. The number of hydrogen-bond acceptors (Lipinski definition) is 1. The molecule has 0 unspecified atom stereocenters. The summed E-state index contributed by atoms with van der Waals surface area (Å²) in [6.07, 6.45) is 8.20. The molecule has 0 aromatic heterocycles. The molecule has 82 valence electrons. The van der Waals surface area contributed by atoms with Crippen molar-refractivity contribution in [1.29, 1.82) is 0 Å². The number of para-hydroxylation sites is 1. The first-order chi connectivity index (χ1) is 7.84. The Morgan fingerprint density at radius 3 is 3.00 bits per heavy atom. The van der Waals surface area contributed by atoms with Gasteiger partial charge in [-0.25, -0.2) is 0 Å². The molecule has 1 heteroatoms. The Labute approximate surface area is 97.1 Å². The highest BCUT2D eigenvalue weighted by atomic mass is 15.1. The standard InChI is InChI=1S/C15H17N/c1-16-11-14-8-3-2-6-12(14)10-13-7-4-5-9-15(13)16/h2,4-7,9H,3,8,10-11H2,1H3. The van der Waals surface area contributed by atoms with Crippen molar-refractivity contribution < 1.29 is 0 Å². The SMILES string of the molecule is CN1CC2=C(C=CCC2)Cc2ccccc21. The minimum absolute atomic E-state index is 1.09. The highest BCUT2D eigenvalue weighted by Gasteiger charge is 2.18. The Morgan fingerprint density at radius 2 is 2.06 bits per heavy atom. The maximum Gasteiger partial charge on any atom is 0.0402 e. The third-order valence-corrected chi connectivity index (χ3v) is 3.60. The molecule has 1 heterocycles. The van der Waals surface area contributed by atoms with E-state index in [1.807, 2.05) is 0 Å². The van der Waals surface area contributed by atoms with E-state index in [2.05, 4.69) is 48.4 Å². The van der Waals surface area contributed by atoms with Gasteiger partial charge < -0.3 is 4.90 Å². The van der Waals surface area contributed by atoms with Gasteiger partial charge in [0.2, 0.25) is 0 Å². The minimum Gasteiger partial charge on any atom is -0.370 e. The van der Waals surface area contributed by atoms with Crippen molar-refractivity contribution in [2.75, 3.05) is 18.5 Å². The van der Waals surface area contributed by atoms with Crippen molar-refractivity contribution in [3.8, 4) is 0 Å². The number of likely N-dealkylation sites (N-methyl/N-ethyl adjacent to an activating group) is 1. The second-order valence-electron chi connectivity index (χ2n) is 4.73. The number of fused-ring (bicyclic) bond motifs is 1. The topological polar surface area (TPSA) is 3.24 Å². The second kappa shape index (κ2) is 3.82. The molecule has 1 aliphatic carbocycles. The monoisotopic (exact) mass is 211 g/mol. The average molecular weight is 211 g/mol. The molecule has 16 heavy (non-hydrogen) atoms. The molecule has 0 N–H and O–H groups in total. The quantitative estimate of drug-likeness (QED) is 0.636. The van der Waals surface area contributed by atoms with Crippen molar-refractivity contribution >= 4 is 5.69 Å². The predicted molar refractivity (Wildman–Crippen MR) is 68.8 cm³/mol. The van der Waals surface area contributed by atoms with Crippen LogP contribution >= 0.6 is 0 Å². The molecule has 3 rings (SSSR count). The van der Waals surface area contributed by atoms with E-state index in [0.29, 0.717) is 0 Å². The van der Waals surface area contributed by atoms with E-state index >= 15 is 0 Å². The van der Waals surface area contributed by atoms with E-state index in [1.165, 1.54) is 24.1 Å². The molecule has 0 spiro atoms. The normalized spacial score (nSPS) is 19.2. The predicted octanol–water partition coefficient (Wildman–Crippen LogP) is 3.33. The lowest BCUT2D eigenvalue weighted by atomic mass is 9.94. The smallest absolute Gasteiger partial charge is 0.0402 e. The zero-order valence-electron chi connectivity index (χ0n) is 9.74. The first-order valence-electron chi connectivity index (χ1n) is 6.01. The maximum atomic E-state index is 2.39. The molecule has 0 amide bonds. The van der Waals surface area contributed by atoms with Crippen LogP contribution in [0.1, 0.15) is 18.4 Å². The number of nitrogens with zero attached hydrogens (tertiary/aromatic N) is 1. The van der Waals surface area contributed by atoms with Gasteiger partial charge in [0, 0.05) is 19.3 Å². The van der Waals surface area contributed by atoms with Crippen LogP contribution in [0, 0.1) is 0 Å². The third kappa shape index (κ3) is 1.57. The van der Waals surface area contributed by atoms with Gasteiger partial charge in [-0.2, -0.15) is 0 Å². The Balaban J connectivity index is 2.06. The molecular weight excluding hydrogens is 194 g/mol. The number of hydrogen-bond donors (Lipinski definition) is 0. The number of benzene rings is 1. The first kappa shape index (κ1) is 9.71. The number of anilines is 1. The summed E-state index contributed by atoms with van der Waals surface area (Å²) in [5.74, 6) is 0.